The zero-order valence-electron chi connectivity index (χ0n) is 7.09. The zero-order chi connectivity index (χ0) is 9.26. The van der Waals surface area contributed by atoms with Crippen LogP contribution in [0, 0.1) is 5.82 Å². The number of carbonyl (C=O) groups excluding carboxylic acids is 1. The summed E-state index contributed by atoms with van der Waals surface area (Å²) in [6.07, 6.45) is 0.899. The van der Waals surface area contributed by atoms with Crippen molar-refractivity contribution in [1.29, 1.82) is 0 Å². The fraction of sp³-hybridized carbons (Fsp3) is 0.300. The summed E-state index contributed by atoms with van der Waals surface area (Å²) in [4.78, 5) is 10.6. The summed E-state index contributed by atoms with van der Waals surface area (Å²) in [5, 5.41) is 0. The van der Waals surface area contributed by atoms with E-state index in [-0.39, 0.29) is 5.82 Å². The van der Waals surface area contributed by atoms with Crippen molar-refractivity contribution in [2.24, 2.45) is 0 Å². The molecule has 0 bridgehead atoms. The van der Waals surface area contributed by atoms with Crippen LogP contribution in [0.1, 0.15) is 11.1 Å². The van der Waals surface area contributed by atoms with E-state index in [0.717, 1.165) is 25.1 Å². The van der Waals surface area contributed by atoms with Gasteiger partial charge in [-0.1, -0.05) is 0 Å². The quantitative estimate of drug-likeness (QED) is 0.336. The number of hydrogen-bond donors (Lipinski definition) is 0. The molecule has 1 heterocycles. The van der Waals surface area contributed by atoms with Crippen molar-refractivity contribution < 1.29 is 9.18 Å². The summed E-state index contributed by atoms with van der Waals surface area (Å²) >= 11 is -1.33. The molecule has 1 aliphatic heterocycles. The molecule has 0 aliphatic carbocycles. The van der Waals surface area contributed by atoms with E-state index in [4.69, 9.17) is 0 Å². The van der Waals surface area contributed by atoms with Gasteiger partial charge < -0.3 is 0 Å². The molecule has 1 aromatic carbocycles. The van der Waals surface area contributed by atoms with E-state index >= 15 is 0 Å². The maximum absolute atomic E-state index is 12.8. The second-order valence-corrected chi connectivity index (χ2v) is 8.26. The van der Waals surface area contributed by atoms with Gasteiger partial charge in [-0.05, 0) is 0 Å². The van der Waals surface area contributed by atoms with Crippen LogP contribution in [0.3, 0.4) is 0 Å². The average Bonchev–Trinajstić information content (AvgIpc) is 2.17. The number of hydrogen-bond acceptors (Lipinski definition) is 1. The first kappa shape index (κ1) is 9.12. The van der Waals surface area contributed by atoms with Crippen molar-refractivity contribution in [3.05, 3.63) is 35.1 Å². The van der Waals surface area contributed by atoms with Gasteiger partial charge in [-0.25, -0.2) is 0 Å². The summed E-state index contributed by atoms with van der Waals surface area (Å²) < 4.78 is 15.9. The number of benzene rings is 1. The van der Waals surface area contributed by atoms with Crippen molar-refractivity contribution in [2.75, 3.05) is 4.43 Å². The van der Waals surface area contributed by atoms with Gasteiger partial charge in [-0.2, -0.15) is 0 Å². The molecule has 0 amide bonds. The summed E-state index contributed by atoms with van der Waals surface area (Å²) in [7, 11) is 0. The Bertz CT molecular complexity index is 338. The number of aryl methyl sites for hydroxylation is 1. The minimum absolute atomic E-state index is 0.160. The number of fused-ring (bicyclic) bond motifs is 1. The molecule has 0 saturated heterocycles. The third-order valence-electron chi connectivity index (χ3n) is 2.22. The van der Waals surface area contributed by atoms with Crippen molar-refractivity contribution in [1.82, 2.24) is 0 Å². The molecule has 0 aromatic heterocycles. The molecule has 2 rings (SSSR count). The molecular formula is C10H10FIO. The molecule has 0 atom stereocenters. The maximum atomic E-state index is 12.8. The summed E-state index contributed by atoms with van der Waals surface area (Å²) in [6, 6.07) is 4.93. The predicted molar refractivity (Wildman–Crippen MR) is 59.4 cm³/mol. The third-order valence-corrected chi connectivity index (χ3v) is 6.66. The standard InChI is InChI=1S/C10H10FIO/c11-10-2-1-9-6-12(7-13)4-3-8(9)5-10/h1-2,5,7H,3-4,6H2. The molecular weight excluding hydrogens is 282 g/mol. The summed E-state index contributed by atoms with van der Waals surface area (Å²) in [6.45, 7) is 0. The Morgan fingerprint density at radius 2 is 2.23 bits per heavy atom. The van der Waals surface area contributed by atoms with Crippen LogP contribution in [-0.2, 0) is 15.6 Å². The first-order chi connectivity index (χ1) is 6.29. The van der Waals surface area contributed by atoms with Crippen LogP contribution in [-0.4, -0.2) is 8.72 Å². The Kier molecular flexibility index (Phi) is 2.62. The van der Waals surface area contributed by atoms with E-state index in [9.17, 15) is 9.18 Å². The van der Waals surface area contributed by atoms with Crippen LogP contribution in [0.2, 0.25) is 0 Å². The van der Waals surface area contributed by atoms with Crippen molar-refractivity contribution in [3.8, 4) is 0 Å². The molecule has 0 unspecified atom stereocenters. The summed E-state index contributed by atoms with van der Waals surface area (Å²) in [5.41, 5.74) is 2.31. The van der Waals surface area contributed by atoms with Crippen LogP contribution in [0.5, 0.6) is 0 Å². The van der Waals surface area contributed by atoms with Gasteiger partial charge in [0.25, 0.3) is 0 Å². The van der Waals surface area contributed by atoms with Crippen molar-refractivity contribution >= 4 is 24.1 Å². The predicted octanol–water partition coefficient (Wildman–Crippen LogP) is 2.58. The Hall–Kier alpha value is -0.450. The SMILES string of the molecule is O=CI1CCc2cc(F)ccc2C1. The molecule has 3 heteroatoms. The van der Waals surface area contributed by atoms with E-state index in [1.54, 1.807) is 6.07 Å². The van der Waals surface area contributed by atoms with Gasteiger partial charge in [0.1, 0.15) is 0 Å². The molecule has 0 spiro atoms. The van der Waals surface area contributed by atoms with E-state index in [1.807, 2.05) is 6.07 Å². The van der Waals surface area contributed by atoms with E-state index < -0.39 is 19.8 Å². The Labute approximate surface area is 83.7 Å². The van der Waals surface area contributed by atoms with E-state index in [0.29, 0.717) is 0 Å². The third kappa shape index (κ3) is 1.90. The topological polar surface area (TPSA) is 17.1 Å². The first-order valence-corrected chi connectivity index (χ1v) is 8.42. The Balaban J connectivity index is 2.31. The number of rotatable bonds is 1. The number of carbonyl (C=O) groups is 1. The normalized spacial score (nSPS) is 18.1. The van der Waals surface area contributed by atoms with Crippen LogP contribution in [0.15, 0.2) is 18.2 Å². The fourth-order valence-electron chi connectivity index (χ4n) is 1.51. The van der Waals surface area contributed by atoms with Crippen LogP contribution >= 0.6 is 19.8 Å². The molecule has 1 nitrogen and oxygen atoms in total. The fourth-order valence-corrected chi connectivity index (χ4v) is 5.40. The van der Waals surface area contributed by atoms with Crippen LogP contribution in [0.4, 0.5) is 4.39 Å². The molecule has 1 aromatic rings. The number of alkyl halides is 2. The second-order valence-electron chi connectivity index (χ2n) is 3.07. The number of halogens is 2. The van der Waals surface area contributed by atoms with Crippen molar-refractivity contribution in [3.63, 3.8) is 0 Å². The second kappa shape index (κ2) is 3.74. The van der Waals surface area contributed by atoms with Gasteiger partial charge >= 0.3 is 83.7 Å². The van der Waals surface area contributed by atoms with E-state index in [1.165, 1.54) is 11.6 Å². The molecule has 1 aliphatic rings. The van der Waals surface area contributed by atoms with Gasteiger partial charge in [-0.3, -0.25) is 0 Å². The molecule has 13 heavy (non-hydrogen) atoms. The van der Waals surface area contributed by atoms with Crippen molar-refractivity contribution in [2.45, 2.75) is 10.8 Å². The molecule has 0 fully saturated rings. The molecule has 70 valence electrons. The Morgan fingerprint density at radius 1 is 1.38 bits per heavy atom. The first-order valence-electron chi connectivity index (χ1n) is 4.12. The monoisotopic (exact) mass is 292 g/mol. The van der Waals surface area contributed by atoms with Gasteiger partial charge in [0.15, 0.2) is 0 Å². The molecule has 0 saturated carbocycles. The molecule has 0 radical (unpaired) electrons. The van der Waals surface area contributed by atoms with Gasteiger partial charge in [0, 0.05) is 0 Å². The van der Waals surface area contributed by atoms with E-state index in [2.05, 4.69) is 0 Å². The van der Waals surface area contributed by atoms with Crippen LogP contribution < -0.4 is 0 Å². The summed E-state index contributed by atoms with van der Waals surface area (Å²) in [5.74, 6) is -0.160. The zero-order valence-corrected chi connectivity index (χ0v) is 9.25. The minimum atomic E-state index is -1.33. The molecule has 0 N–H and O–H groups in total. The Morgan fingerprint density at radius 3 is 3.00 bits per heavy atom. The van der Waals surface area contributed by atoms with Gasteiger partial charge in [-0.15, -0.1) is 0 Å². The van der Waals surface area contributed by atoms with Gasteiger partial charge in [0.2, 0.25) is 0 Å². The average molecular weight is 292 g/mol. The van der Waals surface area contributed by atoms with Gasteiger partial charge in [0.05, 0.1) is 0 Å². The van der Waals surface area contributed by atoms with Crippen LogP contribution in [0.25, 0.3) is 0 Å².